The lowest BCUT2D eigenvalue weighted by Gasteiger charge is -2.35. The third-order valence-electron chi connectivity index (χ3n) is 4.36. The number of nitro benzene ring substituents is 1. The van der Waals surface area contributed by atoms with Crippen molar-refractivity contribution in [2.45, 2.75) is 39.2 Å². The van der Waals surface area contributed by atoms with Gasteiger partial charge in [0.1, 0.15) is 0 Å². The van der Waals surface area contributed by atoms with Crippen LogP contribution in [0.25, 0.3) is 0 Å². The molecular formula is C15H21N3O2S. The van der Waals surface area contributed by atoms with Crippen molar-refractivity contribution in [1.82, 2.24) is 5.32 Å². The van der Waals surface area contributed by atoms with Gasteiger partial charge in [0, 0.05) is 23.9 Å². The fourth-order valence-electron chi connectivity index (χ4n) is 2.79. The molecule has 5 nitrogen and oxygen atoms in total. The molecule has 0 bridgehead atoms. The second-order valence-corrected chi connectivity index (χ2v) is 6.18. The van der Waals surface area contributed by atoms with E-state index in [2.05, 4.69) is 24.5 Å². The van der Waals surface area contributed by atoms with Crippen LogP contribution in [-0.2, 0) is 0 Å². The summed E-state index contributed by atoms with van der Waals surface area (Å²) in [7, 11) is 0. The van der Waals surface area contributed by atoms with Crippen molar-refractivity contribution >= 4 is 28.7 Å². The summed E-state index contributed by atoms with van der Waals surface area (Å²) in [5, 5.41) is 17.6. The van der Waals surface area contributed by atoms with Crippen LogP contribution in [0.4, 0.5) is 11.4 Å². The zero-order valence-corrected chi connectivity index (χ0v) is 13.2. The van der Waals surface area contributed by atoms with Gasteiger partial charge in [-0.15, -0.1) is 0 Å². The molecule has 1 saturated carbocycles. The molecule has 1 aliphatic carbocycles. The molecule has 21 heavy (non-hydrogen) atoms. The Morgan fingerprint density at radius 2 is 1.95 bits per heavy atom. The summed E-state index contributed by atoms with van der Waals surface area (Å²) >= 11 is 5.34. The highest BCUT2D eigenvalue weighted by Gasteiger charge is 2.27. The molecule has 114 valence electrons. The van der Waals surface area contributed by atoms with E-state index in [-0.39, 0.29) is 5.69 Å². The van der Waals surface area contributed by atoms with Crippen molar-refractivity contribution in [3.8, 4) is 0 Å². The second-order valence-electron chi connectivity index (χ2n) is 5.78. The quantitative estimate of drug-likeness (QED) is 0.506. The highest BCUT2D eigenvalue weighted by Crippen LogP contribution is 2.29. The molecule has 0 radical (unpaired) electrons. The van der Waals surface area contributed by atoms with Gasteiger partial charge in [-0.25, -0.2) is 0 Å². The van der Waals surface area contributed by atoms with E-state index in [0.717, 1.165) is 12.1 Å². The Labute approximate surface area is 130 Å². The number of hydrogen-bond acceptors (Lipinski definition) is 3. The molecule has 3 unspecified atom stereocenters. The molecule has 2 N–H and O–H groups in total. The van der Waals surface area contributed by atoms with Crippen molar-refractivity contribution in [3.05, 3.63) is 34.4 Å². The van der Waals surface area contributed by atoms with Crippen LogP contribution >= 0.6 is 12.2 Å². The molecule has 2 rings (SSSR count). The first-order valence-electron chi connectivity index (χ1n) is 7.29. The Hall–Kier alpha value is -1.69. The van der Waals surface area contributed by atoms with Gasteiger partial charge in [0.05, 0.1) is 4.92 Å². The van der Waals surface area contributed by atoms with Gasteiger partial charge in [-0.1, -0.05) is 26.7 Å². The number of anilines is 1. The van der Waals surface area contributed by atoms with Crippen LogP contribution in [0.3, 0.4) is 0 Å². The minimum atomic E-state index is -0.411. The zero-order valence-electron chi connectivity index (χ0n) is 12.3. The second kappa shape index (κ2) is 6.85. The molecule has 1 aliphatic rings. The Kier molecular flexibility index (Phi) is 5.12. The Morgan fingerprint density at radius 3 is 2.57 bits per heavy atom. The summed E-state index contributed by atoms with van der Waals surface area (Å²) in [6.07, 6.45) is 3.64. The lowest BCUT2D eigenvalue weighted by Crippen LogP contribution is -2.45. The van der Waals surface area contributed by atoms with E-state index in [1.165, 1.54) is 25.0 Å². The van der Waals surface area contributed by atoms with Crippen LogP contribution in [0.15, 0.2) is 24.3 Å². The van der Waals surface area contributed by atoms with Gasteiger partial charge in [0.2, 0.25) is 0 Å². The van der Waals surface area contributed by atoms with E-state index in [4.69, 9.17) is 12.2 Å². The molecule has 1 fully saturated rings. The summed E-state index contributed by atoms with van der Waals surface area (Å²) in [6, 6.07) is 6.66. The Bertz CT molecular complexity index is 518. The third kappa shape index (κ3) is 4.14. The molecule has 0 heterocycles. The van der Waals surface area contributed by atoms with E-state index in [0.29, 0.717) is 23.0 Å². The summed E-state index contributed by atoms with van der Waals surface area (Å²) in [5.41, 5.74) is 0.837. The number of rotatable bonds is 3. The van der Waals surface area contributed by atoms with Gasteiger partial charge in [-0.2, -0.15) is 0 Å². The summed E-state index contributed by atoms with van der Waals surface area (Å²) in [4.78, 5) is 10.2. The van der Waals surface area contributed by atoms with E-state index in [1.807, 2.05) is 0 Å². The maximum atomic E-state index is 10.6. The van der Waals surface area contributed by atoms with Gasteiger partial charge in [0.25, 0.3) is 5.69 Å². The highest BCUT2D eigenvalue weighted by atomic mass is 32.1. The molecule has 0 aromatic heterocycles. The molecule has 0 amide bonds. The normalized spacial score (nSPS) is 25.1. The summed E-state index contributed by atoms with van der Waals surface area (Å²) in [5.74, 6) is 1.30. The van der Waals surface area contributed by atoms with Crippen molar-refractivity contribution in [1.29, 1.82) is 0 Å². The number of thiocarbonyl (C=S) groups is 1. The monoisotopic (exact) mass is 307 g/mol. The predicted octanol–water partition coefficient (Wildman–Crippen LogP) is 3.71. The predicted molar refractivity (Wildman–Crippen MR) is 88.4 cm³/mol. The zero-order chi connectivity index (χ0) is 15.4. The summed E-state index contributed by atoms with van der Waals surface area (Å²) in [6.45, 7) is 4.54. The van der Waals surface area contributed by atoms with Gasteiger partial charge in [-0.05, 0) is 42.6 Å². The number of hydrogen-bond donors (Lipinski definition) is 2. The topological polar surface area (TPSA) is 67.2 Å². The average molecular weight is 307 g/mol. The van der Waals surface area contributed by atoms with Crippen LogP contribution in [0, 0.1) is 22.0 Å². The van der Waals surface area contributed by atoms with Crippen LogP contribution in [0.1, 0.15) is 33.1 Å². The SMILES string of the molecule is CC1CCCC(NC(=S)Nc2ccc([N+](=O)[O-])cc2)C1C. The van der Waals surface area contributed by atoms with Crippen molar-refractivity contribution < 1.29 is 4.92 Å². The minimum Gasteiger partial charge on any atom is -0.359 e. The Morgan fingerprint density at radius 1 is 1.29 bits per heavy atom. The molecule has 1 aromatic rings. The first-order chi connectivity index (χ1) is 9.97. The minimum absolute atomic E-state index is 0.0779. The van der Waals surface area contributed by atoms with E-state index < -0.39 is 4.92 Å². The lowest BCUT2D eigenvalue weighted by atomic mass is 9.78. The van der Waals surface area contributed by atoms with Crippen LogP contribution in [0.5, 0.6) is 0 Å². The number of nitro groups is 1. The highest BCUT2D eigenvalue weighted by molar-refractivity contribution is 7.80. The number of benzene rings is 1. The van der Waals surface area contributed by atoms with Crippen molar-refractivity contribution in [2.75, 3.05) is 5.32 Å². The molecule has 0 aliphatic heterocycles. The number of non-ortho nitro benzene ring substituents is 1. The fourth-order valence-corrected chi connectivity index (χ4v) is 3.06. The van der Waals surface area contributed by atoms with Gasteiger partial charge < -0.3 is 10.6 Å². The molecule has 3 atom stereocenters. The van der Waals surface area contributed by atoms with Gasteiger partial charge in [0.15, 0.2) is 5.11 Å². The first-order valence-corrected chi connectivity index (χ1v) is 7.70. The van der Waals surface area contributed by atoms with E-state index in [1.54, 1.807) is 12.1 Å². The molecule has 0 spiro atoms. The standard InChI is InChI=1S/C15H21N3O2S/c1-10-4-3-5-14(11(10)2)17-15(21)16-12-6-8-13(9-7-12)18(19)20/h6-11,14H,3-5H2,1-2H3,(H2,16,17,21). The van der Waals surface area contributed by atoms with Gasteiger partial charge in [-0.3, -0.25) is 10.1 Å². The van der Waals surface area contributed by atoms with Crippen molar-refractivity contribution in [2.24, 2.45) is 11.8 Å². The first kappa shape index (κ1) is 15.7. The van der Waals surface area contributed by atoms with Gasteiger partial charge >= 0.3 is 0 Å². The molecule has 1 aromatic carbocycles. The average Bonchev–Trinajstić information content (AvgIpc) is 2.44. The van der Waals surface area contributed by atoms with Crippen LogP contribution < -0.4 is 10.6 Å². The fraction of sp³-hybridized carbons (Fsp3) is 0.533. The maximum absolute atomic E-state index is 10.6. The van der Waals surface area contributed by atoms with Crippen LogP contribution in [0.2, 0.25) is 0 Å². The summed E-state index contributed by atoms with van der Waals surface area (Å²) < 4.78 is 0. The molecule has 6 heteroatoms. The van der Waals surface area contributed by atoms with E-state index >= 15 is 0 Å². The van der Waals surface area contributed by atoms with E-state index in [9.17, 15) is 10.1 Å². The maximum Gasteiger partial charge on any atom is 0.269 e. The molecule has 0 saturated heterocycles. The third-order valence-corrected chi connectivity index (χ3v) is 4.58. The number of nitrogens with one attached hydrogen (secondary N) is 2. The molecular weight excluding hydrogens is 286 g/mol. The number of nitrogens with zero attached hydrogens (tertiary/aromatic N) is 1. The Balaban J connectivity index is 1.90. The lowest BCUT2D eigenvalue weighted by molar-refractivity contribution is -0.384. The largest absolute Gasteiger partial charge is 0.359 e. The van der Waals surface area contributed by atoms with Crippen LogP contribution in [-0.4, -0.2) is 16.1 Å². The smallest absolute Gasteiger partial charge is 0.269 e. The van der Waals surface area contributed by atoms with Crippen molar-refractivity contribution in [3.63, 3.8) is 0 Å².